The normalized spacial score (nSPS) is 15.9. The summed E-state index contributed by atoms with van der Waals surface area (Å²) in [6.07, 6.45) is 3.87. The number of benzene rings is 1. The summed E-state index contributed by atoms with van der Waals surface area (Å²) >= 11 is 0. The van der Waals surface area contributed by atoms with Gasteiger partial charge in [-0.3, -0.25) is 10.6 Å². The number of aryl methyl sites for hydroxylation is 1. The van der Waals surface area contributed by atoms with Crippen LogP contribution in [0, 0.1) is 6.92 Å². The second kappa shape index (κ2) is 7.26. The Morgan fingerprint density at radius 3 is 2.75 bits per heavy atom. The smallest absolute Gasteiger partial charge is 0.253 e. The molecule has 1 aliphatic rings. The van der Waals surface area contributed by atoms with Crippen LogP contribution in [0.15, 0.2) is 18.2 Å². The molecule has 1 amide bonds. The van der Waals surface area contributed by atoms with Crippen LogP contribution in [0.25, 0.3) is 0 Å². The highest BCUT2D eigenvalue weighted by atomic mass is 16.1. The van der Waals surface area contributed by atoms with Crippen LogP contribution < -0.4 is 16.6 Å². The third-order valence-electron chi connectivity index (χ3n) is 3.74. The van der Waals surface area contributed by atoms with Gasteiger partial charge in [0, 0.05) is 13.1 Å². The summed E-state index contributed by atoms with van der Waals surface area (Å²) < 4.78 is 0. The molecule has 1 heterocycles. The molecule has 1 aliphatic heterocycles. The van der Waals surface area contributed by atoms with Gasteiger partial charge in [0.15, 0.2) is 0 Å². The molecule has 0 radical (unpaired) electrons. The van der Waals surface area contributed by atoms with E-state index < -0.39 is 0 Å². The van der Waals surface area contributed by atoms with Crippen molar-refractivity contribution in [3.05, 3.63) is 29.3 Å². The Bertz CT molecular complexity index is 455. The van der Waals surface area contributed by atoms with Gasteiger partial charge in [0.1, 0.15) is 0 Å². The molecule has 2 rings (SSSR count). The molecule has 0 spiro atoms. The van der Waals surface area contributed by atoms with Crippen LogP contribution in [0.3, 0.4) is 0 Å². The summed E-state index contributed by atoms with van der Waals surface area (Å²) in [6, 6.07) is 5.60. The second-order valence-corrected chi connectivity index (χ2v) is 5.35. The molecule has 0 saturated carbocycles. The maximum absolute atomic E-state index is 12.2. The number of nitrogens with zero attached hydrogens (tertiary/aromatic N) is 1. The van der Waals surface area contributed by atoms with Gasteiger partial charge in [-0.15, -0.1) is 0 Å². The standard InChI is InChI=1S/C15H24N4O/c1-12-5-6-13(14(11-12)18-16)15(20)17-7-10-19-8-3-2-4-9-19/h5-6,11,18H,2-4,7-10,16H2,1H3,(H,17,20). The Morgan fingerprint density at radius 2 is 2.05 bits per heavy atom. The van der Waals surface area contributed by atoms with Gasteiger partial charge >= 0.3 is 0 Å². The Hall–Kier alpha value is -1.59. The van der Waals surface area contributed by atoms with Gasteiger partial charge in [-0.1, -0.05) is 12.5 Å². The number of hydrogen-bond acceptors (Lipinski definition) is 4. The van der Waals surface area contributed by atoms with Crippen molar-refractivity contribution in [2.45, 2.75) is 26.2 Å². The van der Waals surface area contributed by atoms with E-state index in [1.54, 1.807) is 6.07 Å². The zero-order chi connectivity index (χ0) is 14.4. The van der Waals surface area contributed by atoms with Gasteiger partial charge in [-0.2, -0.15) is 0 Å². The lowest BCUT2D eigenvalue weighted by Crippen LogP contribution is -2.37. The number of nitrogens with two attached hydrogens (primary N) is 1. The maximum Gasteiger partial charge on any atom is 0.253 e. The van der Waals surface area contributed by atoms with E-state index in [0.717, 1.165) is 25.2 Å². The van der Waals surface area contributed by atoms with Crippen molar-refractivity contribution in [1.82, 2.24) is 10.2 Å². The summed E-state index contributed by atoms with van der Waals surface area (Å²) in [5.41, 5.74) is 4.92. The third kappa shape index (κ3) is 3.95. The first-order chi connectivity index (χ1) is 9.70. The maximum atomic E-state index is 12.2. The van der Waals surface area contributed by atoms with Gasteiger partial charge < -0.3 is 15.6 Å². The quantitative estimate of drug-likeness (QED) is 0.563. The highest BCUT2D eigenvalue weighted by Gasteiger charge is 2.12. The molecule has 4 N–H and O–H groups in total. The molecule has 0 aliphatic carbocycles. The summed E-state index contributed by atoms with van der Waals surface area (Å²) in [7, 11) is 0. The van der Waals surface area contributed by atoms with Crippen LogP contribution in [-0.2, 0) is 0 Å². The minimum Gasteiger partial charge on any atom is -0.351 e. The van der Waals surface area contributed by atoms with Crippen molar-refractivity contribution in [1.29, 1.82) is 0 Å². The van der Waals surface area contributed by atoms with E-state index in [1.807, 2.05) is 19.1 Å². The van der Waals surface area contributed by atoms with Gasteiger partial charge in [0.2, 0.25) is 0 Å². The summed E-state index contributed by atoms with van der Waals surface area (Å²) in [4.78, 5) is 14.6. The van der Waals surface area contributed by atoms with Crippen LogP contribution in [0.4, 0.5) is 5.69 Å². The topological polar surface area (TPSA) is 70.4 Å². The summed E-state index contributed by atoms with van der Waals surface area (Å²) in [5.74, 6) is 5.39. The minimum atomic E-state index is -0.0741. The number of nitrogens with one attached hydrogen (secondary N) is 2. The predicted molar refractivity (Wildman–Crippen MR) is 81.6 cm³/mol. The molecule has 5 heteroatoms. The molecular weight excluding hydrogens is 252 g/mol. The average molecular weight is 276 g/mol. The molecule has 1 fully saturated rings. The highest BCUT2D eigenvalue weighted by Crippen LogP contribution is 2.16. The summed E-state index contributed by atoms with van der Waals surface area (Å²) in [5, 5.41) is 2.96. The molecule has 0 aromatic heterocycles. The van der Waals surface area contributed by atoms with Gasteiger partial charge in [-0.25, -0.2) is 0 Å². The zero-order valence-corrected chi connectivity index (χ0v) is 12.1. The second-order valence-electron chi connectivity index (χ2n) is 5.35. The van der Waals surface area contributed by atoms with Crippen molar-refractivity contribution in [3.63, 3.8) is 0 Å². The number of amides is 1. The fraction of sp³-hybridized carbons (Fsp3) is 0.533. The molecular formula is C15H24N4O. The molecule has 1 saturated heterocycles. The number of rotatable bonds is 5. The van der Waals surface area contributed by atoms with Gasteiger partial charge in [0.05, 0.1) is 11.3 Å². The molecule has 110 valence electrons. The van der Waals surface area contributed by atoms with Crippen LogP contribution in [0.1, 0.15) is 35.2 Å². The van der Waals surface area contributed by atoms with Crippen molar-refractivity contribution in [2.75, 3.05) is 31.6 Å². The molecule has 5 nitrogen and oxygen atoms in total. The lowest BCUT2D eigenvalue weighted by Gasteiger charge is -2.26. The average Bonchev–Trinajstić information content (AvgIpc) is 2.48. The van der Waals surface area contributed by atoms with E-state index >= 15 is 0 Å². The van der Waals surface area contributed by atoms with Gasteiger partial charge in [-0.05, 0) is 50.6 Å². The highest BCUT2D eigenvalue weighted by molar-refractivity contribution is 5.99. The fourth-order valence-corrected chi connectivity index (χ4v) is 2.58. The molecule has 0 atom stereocenters. The Balaban J connectivity index is 1.85. The number of likely N-dealkylation sites (tertiary alicyclic amines) is 1. The summed E-state index contributed by atoms with van der Waals surface area (Å²) in [6.45, 7) is 5.87. The number of hydrogen-bond donors (Lipinski definition) is 3. The molecule has 20 heavy (non-hydrogen) atoms. The Morgan fingerprint density at radius 1 is 1.30 bits per heavy atom. The Kier molecular flexibility index (Phi) is 5.38. The first-order valence-electron chi connectivity index (χ1n) is 7.28. The number of hydrazine groups is 1. The molecule has 0 unspecified atom stereocenters. The molecule has 1 aromatic rings. The van der Waals surface area contributed by atoms with Crippen LogP contribution in [0.5, 0.6) is 0 Å². The van der Waals surface area contributed by atoms with E-state index in [-0.39, 0.29) is 5.91 Å². The largest absolute Gasteiger partial charge is 0.351 e. The predicted octanol–water partition coefficient (Wildman–Crippen LogP) is 1.50. The number of carbonyl (C=O) groups is 1. The van der Waals surface area contributed by atoms with Crippen molar-refractivity contribution in [2.24, 2.45) is 5.84 Å². The van der Waals surface area contributed by atoms with E-state index in [9.17, 15) is 4.79 Å². The van der Waals surface area contributed by atoms with Gasteiger partial charge in [0.25, 0.3) is 5.91 Å². The van der Waals surface area contributed by atoms with E-state index in [1.165, 1.54) is 19.3 Å². The lowest BCUT2D eigenvalue weighted by molar-refractivity contribution is 0.0947. The van der Waals surface area contributed by atoms with Crippen molar-refractivity contribution in [3.8, 4) is 0 Å². The molecule has 1 aromatic carbocycles. The third-order valence-corrected chi connectivity index (χ3v) is 3.74. The number of nitrogen functional groups attached to an aromatic ring is 1. The fourth-order valence-electron chi connectivity index (χ4n) is 2.58. The zero-order valence-electron chi connectivity index (χ0n) is 12.1. The first-order valence-corrected chi connectivity index (χ1v) is 7.28. The van der Waals surface area contributed by atoms with E-state index in [0.29, 0.717) is 17.8 Å². The van der Waals surface area contributed by atoms with E-state index in [4.69, 9.17) is 5.84 Å². The first kappa shape index (κ1) is 14.8. The number of piperidine rings is 1. The van der Waals surface area contributed by atoms with Crippen molar-refractivity contribution >= 4 is 11.6 Å². The van der Waals surface area contributed by atoms with E-state index in [2.05, 4.69) is 15.6 Å². The minimum absolute atomic E-state index is 0.0741. The molecule has 0 bridgehead atoms. The lowest BCUT2D eigenvalue weighted by atomic mass is 10.1. The van der Waals surface area contributed by atoms with Crippen LogP contribution >= 0.6 is 0 Å². The van der Waals surface area contributed by atoms with Crippen molar-refractivity contribution < 1.29 is 4.79 Å². The number of anilines is 1. The Labute approximate surface area is 120 Å². The number of carbonyl (C=O) groups excluding carboxylic acids is 1. The SMILES string of the molecule is Cc1ccc(C(=O)NCCN2CCCCC2)c(NN)c1. The monoisotopic (exact) mass is 276 g/mol. The van der Waals surface area contributed by atoms with Crippen LogP contribution in [-0.4, -0.2) is 37.0 Å². The van der Waals surface area contributed by atoms with Crippen LogP contribution in [0.2, 0.25) is 0 Å².